The second-order valence-electron chi connectivity index (χ2n) is 5.09. The number of carbonyl (C=O) groups excluding carboxylic acids is 2. The van der Waals surface area contributed by atoms with Crippen LogP contribution in [0.3, 0.4) is 0 Å². The maximum absolute atomic E-state index is 13.2. The molecule has 3 N–H and O–H groups in total. The number of primary amides is 1. The van der Waals surface area contributed by atoms with Gasteiger partial charge < -0.3 is 11.1 Å². The molecule has 0 aromatic heterocycles. The number of nitrogens with two attached hydrogens (primary N) is 1. The summed E-state index contributed by atoms with van der Waals surface area (Å²) < 4.78 is 25.3. The average molecular weight is 348 g/mol. The van der Waals surface area contributed by atoms with Gasteiger partial charge >= 0.3 is 0 Å². The second kappa shape index (κ2) is 8.35. The molecule has 0 spiro atoms. The number of nitrogens with one attached hydrogen (secondary N) is 1. The van der Waals surface area contributed by atoms with Gasteiger partial charge in [-0.15, -0.1) is 0 Å². The third kappa shape index (κ3) is 4.99. The van der Waals surface area contributed by atoms with Gasteiger partial charge in [0.05, 0.1) is 10.8 Å². The van der Waals surface area contributed by atoms with Crippen molar-refractivity contribution in [1.29, 1.82) is 0 Å². The van der Waals surface area contributed by atoms with Crippen LogP contribution in [0.1, 0.15) is 16.8 Å². The van der Waals surface area contributed by atoms with Crippen LogP contribution >= 0.6 is 0 Å². The zero-order valence-corrected chi connectivity index (χ0v) is 13.6. The van der Waals surface area contributed by atoms with Crippen molar-refractivity contribution in [3.63, 3.8) is 0 Å². The fraction of sp³-hybridized carbons (Fsp3) is 0.176. The number of rotatable bonds is 7. The van der Waals surface area contributed by atoms with Gasteiger partial charge in [0.15, 0.2) is 0 Å². The van der Waals surface area contributed by atoms with Gasteiger partial charge in [-0.05, 0) is 36.8 Å². The summed E-state index contributed by atoms with van der Waals surface area (Å²) in [5, 5.41) is 2.45. The maximum Gasteiger partial charge on any atom is 0.252 e. The highest BCUT2D eigenvalue weighted by molar-refractivity contribution is 7.85. The molecule has 0 aliphatic heterocycles. The lowest BCUT2D eigenvalue weighted by Crippen LogP contribution is -2.45. The van der Waals surface area contributed by atoms with E-state index in [1.165, 1.54) is 18.2 Å². The van der Waals surface area contributed by atoms with E-state index >= 15 is 0 Å². The zero-order valence-electron chi connectivity index (χ0n) is 12.8. The van der Waals surface area contributed by atoms with E-state index in [9.17, 15) is 18.2 Å². The van der Waals surface area contributed by atoms with Crippen LogP contribution in [0.15, 0.2) is 59.5 Å². The first-order valence-electron chi connectivity index (χ1n) is 7.26. The number of hydrogen-bond donors (Lipinski definition) is 2. The Morgan fingerprint density at radius 3 is 2.46 bits per heavy atom. The average Bonchev–Trinajstić information content (AvgIpc) is 2.58. The van der Waals surface area contributed by atoms with Crippen LogP contribution in [-0.2, 0) is 15.6 Å². The monoisotopic (exact) mass is 348 g/mol. The molecule has 0 unspecified atom stereocenters. The van der Waals surface area contributed by atoms with Crippen LogP contribution in [0.4, 0.5) is 4.39 Å². The molecule has 2 amide bonds. The Bertz CT molecular complexity index is 753. The summed E-state index contributed by atoms with van der Waals surface area (Å²) in [6.45, 7) is 0. The third-order valence-electron chi connectivity index (χ3n) is 3.33. The molecular formula is C17H17FN2O3S. The summed E-state index contributed by atoms with van der Waals surface area (Å²) in [7, 11) is -1.30. The van der Waals surface area contributed by atoms with Gasteiger partial charge in [0, 0.05) is 16.2 Å². The van der Waals surface area contributed by atoms with Crippen molar-refractivity contribution in [2.45, 2.75) is 17.4 Å². The molecule has 0 aliphatic rings. The molecule has 2 aromatic rings. The Balaban J connectivity index is 1.98. The van der Waals surface area contributed by atoms with Crippen molar-refractivity contribution in [1.82, 2.24) is 5.32 Å². The van der Waals surface area contributed by atoms with Crippen LogP contribution in [0, 0.1) is 5.82 Å². The van der Waals surface area contributed by atoms with Gasteiger partial charge in [0.1, 0.15) is 11.9 Å². The lowest BCUT2D eigenvalue weighted by molar-refractivity contribution is -0.119. The molecule has 0 bridgehead atoms. The summed E-state index contributed by atoms with van der Waals surface area (Å²) in [6.07, 6.45) is 0.123. The Hall–Kier alpha value is -2.54. The van der Waals surface area contributed by atoms with Crippen LogP contribution in [0.5, 0.6) is 0 Å². The molecule has 126 valence electrons. The molecule has 0 heterocycles. The minimum Gasteiger partial charge on any atom is -0.368 e. The van der Waals surface area contributed by atoms with Crippen molar-refractivity contribution in [2.75, 3.05) is 5.75 Å². The lowest BCUT2D eigenvalue weighted by Gasteiger charge is -2.15. The Morgan fingerprint density at radius 1 is 1.12 bits per heavy atom. The molecule has 7 heteroatoms. The van der Waals surface area contributed by atoms with E-state index < -0.39 is 34.5 Å². The van der Waals surface area contributed by atoms with E-state index in [1.807, 2.05) is 6.07 Å². The Kier molecular flexibility index (Phi) is 6.20. The minimum absolute atomic E-state index is 0.0884. The summed E-state index contributed by atoms with van der Waals surface area (Å²) in [5.41, 5.74) is 5.38. The molecule has 5 nitrogen and oxygen atoms in total. The highest BCUT2D eigenvalue weighted by Gasteiger charge is 2.20. The van der Waals surface area contributed by atoms with Crippen LogP contribution < -0.4 is 11.1 Å². The molecule has 0 saturated heterocycles. The molecule has 0 saturated carbocycles. The molecule has 2 aromatic carbocycles. The Morgan fingerprint density at radius 2 is 1.83 bits per heavy atom. The van der Waals surface area contributed by atoms with Crippen molar-refractivity contribution < 1.29 is 18.2 Å². The number of benzene rings is 2. The van der Waals surface area contributed by atoms with E-state index in [2.05, 4.69) is 5.32 Å². The SMILES string of the molecule is NC(=O)[C@@H](CC[S@](=O)c1ccccc1)NC(=O)c1cccc(F)c1. The van der Waals surface area contributed by atoms with Gasteiger partial charge in [0.25, 0.3) is 5.91 Å². The first-order chi connectivity index (χ1) is 11.5. The van der Waals surface area contributed by atoms with Crippen LogP contribution in [0.25, 0.3) is 0 Å². The molecule has 0 radical (unpaired) electrons. The predicted molar refractivity (Wildman–Crippen MR) is 89.2 cm³/mol. The molecular weight excluding hydrogens is 331 g/mol. The first-order valence-corrected chi connectivity index (χ1v) is 8.58. The summed E-state index contributed by atoms with van der Waals surface area (Å²) in [6, 6.07) is 12.9. The van der Waals surface area contributed by atoms with E-state index in [0.29, 0.717) is 4.90 Å². The molecule has 0 fully saturated rings. The van der Waals surface area contributed by atoms with Gasteiger partial charge in [-0.3, -0.25) is 13.8 Å². The quantitative estimate of drug-likeness (QED) is 0.796. The number of carbonyl (C=O) groups is 2. The largest absolute Gasteiger partial charge is 0.368 e. The van der Waals surface area contributed by atoms with Crippen LogP contribution in [0.2, 0.25) is 0 Å². The number of hydrogen-bond acceptors (Lipinski definition) is 3. The van der Waals surface area contributed by atoms with E-state index in [4.69, 9.17) is 5.73 Å². The lowest BCUT2D eigenvalue weighted by atomic mass is 10.1. The van der Waals surface area contributed by atoms with Gasteiger partial charge in [-0.25, -0.2) is 4.39 Å². The molecule has 2 atom stereocenters. The molecule has 24 heavy (non-hydrogen) atoms. The smallest absolute Gasteiger partial charge is 0.252 e. The zero-order chi connectivity index (χ0) is 17.5. The van der Waals surface area contributed by atoms with E-state index in [-0.39, 0.29) is 17.7 Å². The van der Waals surface area contributed by atoms with Gasteiger partial charge in [0.2, 0.25) is 5.91 Å². The fourth-order valence-electron chi connectivity index (χ4n) is 2.07. The first kappa shape index (κ1) is 17.8. The number of amides is 2. The van der Waals surface area contributed by atoms with Crippen molar-refractivity contribution >= 4 is 22.6 Å². The normalized spacial score (nSPS) is 13.0. The fourth-order valence-corrected chi connectivity index (χ4v) is 3.22. The summed E-state index contributed by atoms with van der Waals surface area (Å²) >= 11 is 0. The maximum atomic E-state index is 13.2. The van der Waals surface area contributed by atoms with Crippen molar-refractivity contribution in [3.05, 3.63) is 66.0 Å². The minimum atomic E-state index is -1.30. The molecule has 2 rings (SSSR count). The standard InChI is InChI=1S/C17H17FN2O3S/c18-13-6-4-5-12(11-13)17(22)20-15(16(19)21)9-10-24(23)14-7-2-1-3-8-14/h1-8,11,15H,9-10H2,(H2,19,21)(H,20,22)/t15-,24+/m1/s1. The second-order valence-corrected chi connectivity index (χ2v) is 6.66. The van der Waals surface area contributed by atoms with E-state index in [0.717, 1.165) is 6.07 Å². The Labute approximate surface area is 141 Å². The van der Waals surface area contributed by atoms with Crippen molar-refractivity contribution in [3.8, 4) is 0 Å². The van der Waals surface area contributed by atoms with Crippen molar-refractivity contribution in [2.24, 2.45) is 5.73 Å². The highest BCUT2D eigenvalue weighted by Crippen LogP contribution is 2.09. The predicted octanol–water partition coefficient (Wildman–Crippen LogP) is 1.61. The third-order valence-corrected chi connectivity index (χ3v) is 4.74. The van der Waals surface area contributed by atoms with Gasteiger partial charge in [-0.1, -0.05) is 24.3 Å². The highest BCUT2D eigenvalue weighted by atomic mass is 32.2. The summed E-state index contributed by atoms with van der Waals surface area (Å²) in [5.74, 6) is -1.72. The van der Waals surface area contributed by atoms with E-state index in [1.54, 1.807) is 24.3 Å². The van der Waals surface area contributed by atoms with Gasteiger partial charge in [-0.2, -0.15) is 0 Å². The molecule has 0 aliphatic carbocycles. The van der Waals surface area contributed by atoms with Crippen LogP contribution in [-0.4, -0.2) is 27.8 Å². The number of halogens is 1. The topological polar surface area (TPSA) is 89.3 Å². The summed E-state index contributed by atoms with van der Waals surface area (Å²) in [4.78, 5) is 24.2.